The molecule has 0 radical (unpaired) electrons. The predicted molar refractivity (Wildman–Crippen MR) is 88.2 cm³/mol. The van der Waals surface area contributed by atoms with Gasteiger partial charge in [0.1, 0.15) is 11.9 Å². The SMILES string of the molecule is CC(=O)NCC1CN(c2ccc(N3C[C@H]4C[C@@H]3CO4)c(F)c2)C(=O)O1. The number of halogens is 1. The summed E-state index contributed by atoms with van der Waals surface area (Å²) in [7, 11) is 0. The van der Waals surface area contributed by atoms with E-state index in [0.29, 0.717) is 24.5 Å². The van der Waals surface area contributed by atoms with Gasteiger partial charge in [0.15, 0.2) is 0 Å². The molecular weight excluding hydrogens is 329 g/mol. The van der Waals surface area contributed by atoms with Crippen molar-refractivity contribution < 1.29 is 23.5 Å². The zero-order valence-corrected chi connectivity index (χ0v) is 13.9. The summed E-state index contributed by atoms with van der Waals surface area (Å²) in [6.45, 7) is 3.26. The monoisotopic (exact) mass is 349 g/mol. The van der Waals surface area contributed by atoms with Crippen LogP contribution in [0.1, 0.15) is 13.3 Å². The first-order valence-electron chi connectivity index (χ1n) is 8.41. The van der Waals surface area contributed by atoms with Crippen LogP contribution in [-0.4, -0.2) is 56.5 Å². The standard InChI is InChI=1S/C17H20FN3O4/c1-10(22)19-6-14-8-21(17(23)25-14)11-2-3-16(15(18)5-11)20-7-13-4-12(20)9-24-13/h2-3,5,12-14H,4,6-9H2,1H3,(H,19,22)/t12-,13-,14?/m1/s1. The van der Waals surface area contributed by atoms with E-state index in [4.69, 9.17) is 9.47 Å². The van der Waals surface area contributed by atoms with Crippen molar-refractivity contribution in [1.82, 2.24) is 5.32 Å². The van der Waals surface area contributed by atoms with Crippen molar-refractivity contribution in [2.45, 2.75) is 31.6 Å². The minimum absolute atomic E-state index is 0.186. The summed E-state index contributed by atoms with van der Waals surface area (Å²) in [6, 6.07) is 5.03. The molecule has 1 unspecified atom stereocenters. The molecule has 0 aromatic heterocycles. The number of benzene rings is 1. The number of nitrogens with zero attached hydrogens (tertiary/aromatic N) is 2. The van der Waals surface area contributed by atoms with Gasteiger partial charge in [-0.2, -0.15) is 0 Å². The van der Waals surface area contributed by atoms with Crippen LogP contribution in [-0.2, 0) is 14.3 Å². The van der Waals surface area contributed by atoms with Gasteiger partial charge < -0.3 is 19.7 Å². The molecule has 0 saturated carbocycles. The van der Waals surface area contributed by atoms with Crippen LogP contribution in [0, 0.1) is 5.82 Å². The van der Waals surface area contributed by atoms with Crippen LogP contribution in [0.4, 0.5) is 20.6 Å². The van der Waals surface area contributed by atoms with Crippen LogP contribution in [0.15, 0.2) is 18.2 Å². The molecule has 3 aliphatic heterocycles. The van der Waals surface area contributed by atoms with Gasteiger partial charge in [0.2, 0.25) is 5.91 Å². The zero-order valence-electron chi connectivity index (χ0n) is 13.9. The largest absolute Gasteiger partial charge is 0.442 e. The Morgan fingerprint density at radius 1 is 1.40 bits per heavy atom. The fourth-order valence-corrected chi connectivity index (χ4v) is 3.69. The third-order valence-corrected chi connectivity index (χ3v) is 4.91. The summed E-state index contributed by atoms with van der Waals surface area (Å²) in [5, 5.41) is 2.62. The van der Waals surface area contributed by atoms with Crippen molar-refractivity contribution in [2.75, 3.05) is 36.0 Å². The maximum Gasteiger partial charge on any atom is 0.414 e. The Kier molecular flexibility index (Phi) is 3.99. The highest BCUT2D eigenvalue weighted by Gasteiger charge is 2.40. The molecule has 7 nitrogen and oxygen atoms in total. The molecule has 4 rings (SSSR count). The molecule has 8 heteroatoms. The summed E-state index contributed by atoms with van der Waals surface area (Å²) >= 11 is 0. The third kappa shape index (κ3) is 3.02. The maximum absolute atomic E-state index is 14.6. The number of cyclic esters (lactones) is 1. The third-order valence-electron chi connectivity index (χ3n) is 4.91. The van der Waals surface area contributed by atoms with Crippen LogP contribution >= 0.6 is 0 Å². The average molecular weight is 349 g/mol. The van der Waals surface area contributed by atoms with Gasteiger partial charge in [-0.25, -0.2) is 9.18 Å². The first-order chi connectivity index (χ1) is 12.0. The van der Waals surface area contributed by atoms with E-state index < -0.39 is 12.2 Å². The number of anilines is 2. The lowest BCUT2D eigenvalue weighted by Crippen LogP contribution is -2.37. The molecule has 0 aliphatic carbocycles. The molecule has 0 spiro atoms. The Morgan fingerprint density at radius 2 is 2.24 bits per heavy atom. The lowest BCUT2D eigenvalue weighted by atomic mass is 10.2. The molecular formula is C17H20FN3O4. The molecule has 2 bridgehead atoms. The van der Waals surface area contributed by atoms with E-state index in [0.717, 1.165) is 6.42 Å². The summed E-state index contributed by atoms with van der Waals surface area (Å²) in [5.74, 6) is -0.544. The number of rotatable bonds is 4. The molecule has 134 valence electrons. The lowest BCUT2D eigenvalue weighted by molar-refractivity contribution is -0.119. The van der Waals surface area contributed by atoms with Crippen LogP contribution < -0.4 is 15.1 Å². The van der Waals surface area contributed by atoms with Gasteiger partial charge >= 0.3 is 6.09 Å². The normalized spacial score (nSPS) is 27.8. The number of fused-ring (bicyclic) bond motifs is 2. The van der Waals surface area contributed by atoms with E-state index in [1.807, 2.05) is 4.90 Å². The van der Waals surface area contributed by atoms with Gasteiger partial charge in [-0.05, 0) is 24.6 Å². The topological polar surface area (TPSA) is 71.1 Å². The number of nitrogens with one attached hydrogen (secondary N) is 1. The molecule has 25 heavy (non-hydrogen) atoms. The number of ether oxygens (including phenoxy) is 2. The Morgan fingerprint density at radius 3 is 2.88 bits per heavy atom. The van der Waals surface area contributed by atoms with Gasteiger partial charge in [0.05, 0.1) is 43.2 Å². The van der Waals surface area contributed by atoms with Crippen molar-refractivity contribution in [2.24, 2.45) is 0 Å². The highest BCUT2D eigenvalue weighted by Crippen LogP contribution is 2.35. The van der Waals surface area contributed by atoms with Crippen molar-refractivity contribution in [3.63, 3.8) is 0 Å². The van der Waals surface area contributed by atoms with Crippen LogP contribution in [0.2, 0.25) is 0 Å². The molecule has 1 aromatic carbocycles. The molecule has 1 N–H and O–H groups in total. The highest BCUT2D eigenvalue weighted by atomic mass is 19.1. The molecule has 1 aromatic rings. The maximum atomic E-state index is 14.6. The number of morpholine rings is 1. The molecule has 3 saturated heterocycles. The van der Waals surface area contributed by atoms with E-state index in [1.54, 1.807) is 12.1 Å². The lowest BCUT2D eigenvalue weighted by Gasteiger charge is -2.29. The number of hydrogen-bond donors (Lipinski definition) is 1. The highest BCUT2D eigenvalue weighted by molar-refractivity contribution is 5.90. The van der Waals surface area contributed by atoms with Gasteiger partial charge in [-0.1, -0.05) is 0 Å². The molecule has 2 amide bonds. The van der Waals surface area contributed by atoms with Gasteiger partial charge in [-0.3, -0.25) is 9.69 Å². The average Bonchev–Trinajstić information content (AvgIpc) is 3.28. The quantitative estimate of drug-likeness (QED) is 0.886. The number of hydrogen-bond acceptors (Lipinski definition) is 5. The smallest absolute Gasteiger partial charge is 0.414 e. The first kappa shape index (κ1) is 16.1. The van der Waals surface area contributed by atoms with Crippen LogP contribution in [0.3, 0.4) is 0 Å². The van der Waals surface area contributed by atoms with E-state index in [2.05, 4.69) is 5.32 Å². The van der Waals surface area contributed by atoms with Crippen molar-refractivity contribution in [1.29, 1.82) is 0 Å². The minimum atomic E-state index is -0.531. The Balaban J connectivity index is 1.47. The second-order valence-corrected chi connectivity index (χ2v) is 6.69. The van der Waals surface area contributed by atoms with E-state index in [9.17, 15) is 14.0 Å². The fourth-order valence-electron chi connectivity index (χ4n) is 3.69. The zero-order chi connectivity index (χ0) is 17.6. The fraction of sp³-hybridized carbons (Fsp3) is 0.529. The molecule has 3 aliphatic rings. The van der Waals surface area contributed by atoms with Gasteiger partial charge in [0.25, 0.3) is 0 Å². The Hall–Kier alpha value is -2.35. The van der Waals surface area contributed by atoms with Crippen LogP contribution in [0.25, 0.3) is 0 Å². The Labute approximate surface area is 144 Å². The minimum Gasteiger partial charge on any atom is -0.442 e. The van der Waals surface area contributed by atoms with E-state index in [1.165, 1.54) is 17.9 Å². The molecule has 3 fully saturated rings. The predicted octanol–water partition coefficient (Wildman–Crippen LogP) is 1.26. The number of carbonyl (C=O) groups is 2. The first-order valence-corrected chi connectivity index (χ1v) is 8.41. The summed E-state index contributed by atoms with van der Waals surface area (Å²) < 4.78 is 25.4. The summed E-state index contributed by atoms with van der Waals surface area (Å²) in [5.41, 5.74) is 0.999. The Bertz CT molecular complexity index is 713. The van der Waals surface area contributed by atoms with Crippen molar-refractivity contribution in [3.8, 4) is 0 Å². The van der Waals surface area contributed by atoms with Gasteiger partial charge in [-0.15, -0.1) is 0 Å². The van der Waals surface area contributed by atoms with Gasteiger partial charge in [0, 0.05) is 13.5 Å². The second kappa shape index (κ2) is 6.18. The van der Waals surface area contributed by atoms with E-state index >= 15 is 0 Å². The van der Waals surface area contributed by atoms with Crippen molar-refractivity contribution >= 4 is 23.4 Å². The summed E-state index contributed by atoms with van der Waals surface area (Å²) in [4.78, 5) is 26.4. The molecule has 3 heterocycles. The second-order valence-electron chi connectivity index (χ2n) is 6.69. The van der Waals surface area contributed by atoms with Crippen LogP contribution in [0.5, 0.6) is 0 Å². The summed E-state index contributed by atoms with van der Waals surface area (Å²) in [6.07, 6.45) is 0.152. The number of carbonyl (C=O) groups excluding carboxylic acids is 2. The van der Waals surface area contributed by atoms with E-state index in [-0.39, 0.29) is 37.0 Å². The number of amides is 2. The van der Waals surface area contributed by atoms with Crippen molar-refractivity contribution in [3.05, 3.63) is 24.0 Å². The molecule has 3 atom stereocenters.